The molecule has 1 heterocycles. The molecule has 0 aromatic heterocycles. The molecule has 1 fully saturated rings. The third-order valence-electron chi connectivity index (χ3n) is 2.96. The van der Waals surface area contributed by atoms with Gasteiger partial charge in [-0.3, -0.25) is 9.59 Å². The van der Waals surface area contributed by atoms with Crippen LogP contribution in [0.3, 0.4) is 0 Å². The summed E-state index contributed by atoms with van der Waals surface area (Å²) in [4.78, 5) is 35.5. The Bertz CT molecular complexity index is 348. The van der Waals surface area contributed by atoms with E-state index in [1.54, 1.807) is 13.8 Å². The maximum atomic E-state index is 12.2. The molecule has 1 aliphatic heterocycles. The summed E-state index contributed by atoms with van der Waals surface area (Å²) < 4.78 is 4.99. The highest BCUT2D eigenvalue weighted by atomic mass is 16.5. The van der Waals surface area contributed by atoms with Crippen LogP contribution in [0.1, 0.15) is 33.6 Å². The molecule has 0 radical (unpaired) electrons. The number of carboxylic acid groups (broad SMARTS) is 1. The van der Waals surface area contributed by atoms with E-state index in [1.807, 2.05) is 0 Å². The molecule has 0 saturated carbocycles. The zero-order chi connectivity index (χ0) is 13.9. The zero-order valence-corrected chi connectivity index (χ0v) is 10.9. The molecule has 0 spiro atoms. The van der Waals surface area contributed by atoms with Crippen LogP contribution < -0.4 is 0 Å². The minimum atomic E-state index is -1.01. The Labute approximate surface area is 106 Å². The number of carboxylic acids is 1. The van der Waals surface area contributed by atoms with Gasteiger partial charge in [-0.05, 0) is 18.8 Å². The molecule has 1 amide bonds. The minimum absolute atomic E-state index is 0.184. The summed E-state index contributed by atoms with van der Waals surface area (Å²) in [7, 11) is 0. The molecule has 18 heavy (non-hydrogen) atoms. The molecule has 0 aliphatic carbocycles. The zero-order valence-electron chi connectivity index (χ0n) is 10.9. The molecule has 1 N–H and O–H groups in total. The Morgan fingerprint density at radius 2 is 1.94 bits per heavy atom. The maximum absolute atomic E-state index is 12.2. The van der Waals surface area contributed by atoms with Gasteiger partial charge in [0.1, 0.15) is 6.04 Å². The van der Waals surface area contributed by atoms with Crippen LogP contribution in [0.5, 0.6) is 0 Å². The molecular formula is C12H19NO5. The summed E-state index contributed by atoms with van der Waals surface area (Å²) in [6.45, 7) is 5.16. The average Bonchev–Trinajstić information content (AvgIpc) is 2.73. The van der Waals surface area contributed by atoms with Crippen molar-refractivity contribution >= 4 is 17.8 Å². The Morgan fingerprint density at radius 1 is 1.33 bits per heavy atom. The van der Waals surface area contributed by atoms with Gasteiger partial charge in [0.25, 0.3) is 5.91 Å². The highest BCUT2D eigenvalue weighted by Gasteiger charge is 2.39. The Kier molecular flexibility index (Phi) is 4.69. The van der Waals surface area contributed by atoms with E-state index in [0.717, 1.165) is 0 Å². The molecule has 0 bridgehead atoms. The molecule has 6 heteroatoms. The van der Waals surface area contributed by atoms with Crippen molar-refractivity contribution in [2.75, 3.05) is 6.54 Å². The molecule has 6 nitrogen and oxygen atoms in total. The average molecular weight is 257 g/mol. The van der Waals surface area contributed by atoms with E-state index in [9.17, 15) is 14.4 Å². The fourth-order valence-corrected chi connectivity index (χ4v) is 2.10. The summed E-state index contributed by atoms with van der Waals surface area (Å²) in [5, 5.41) is 9.03. The van der Waals surface area contributed by atoms with Crippen LogP contribution in [0.25, 0.3) is 0 Å². The first-order chi connectivity index (χ1) is 8.34. The van der Waals surface area contributed by atoms with Crippen molar-refractivity contribution < 1.29 is 24.2 Å². The largest absolute Gasteiger partial charge is 0.480 e. The minimum Gasteiger partial charge on any atom is -0.480 e. The van der Waals surface area contributed by atoms with Crippen molar-refractivity contribution in [3.8, 4) is 0 Å². The third-order valence-corrected chi connectivity index (χ3v) is 2.96. The van der Waals surface area contributed by atoms with Gasteiger partial charge >= 0.3 is 11.9 Å². The lowest BCUT2D eigenvalue weighted by atomic mass is 10.1. The second-order valence-electron chi connectivity index (χ2n) is 4.80. The van der Waals surface area contributed by atoms with Crippen molar-refractivity contribution in [1.29, 1.82) is 0 Å². The second kappa shape index (κ2) is 5.84. The highest BCUT2D eigenvalue weighted by molar-refractivity contribution is 5.88. The Morgan fingerprint density at radius 3 is 2.39 bits per heavy atom. The predicted octanol–water partition coefficient (Wildman–Crippen LogP) is 0.650. The van der Waals surface area contributed by atoms with Crippen LogP contribution in [-0.2, 0) is 19.1 Å². The van der Waals surface area contributed by atoms with Crippen molar-refractivity contribution in [2.45, 2.75) is 45.8 Å². The topological polar surface area (TPSA) is 83.9 Å². The normalized spacial score (nSPS) is 20.9. The van der Waals surface area contributed by atoms with E-state index >= 15 is 0 Å². The number of likely N-dealkylation sites (tertiary alicyclic amines) is 1. The van der Waals surface area contributed by atoms with Crippen molar-refractivity contribution in [3.63, 3.8) is 0 Å². The van der Waals surface area contributed by atoms with Gasteiger partial charge in [0.05, 0.1) is 0 Å². The molecule has 2 atom stereocenters. The van der Waals surface area contributed by atoms with Gasteiger partial charge in [-0.25, -0.2) is 4.79 Å². The highest BCUT2D eigenvalue weighted by Crippen LogP contribution is 2.21. The van der Waals surface area contributed by atoms with Crippen molar-refractivity contribution in [3.05, 3.63) is 0 Å². The van der Waals surface area contributed by atoms with Crippen LogP contribution in [-0.4, -0.2) is 46.5 Å². The number of nitrogens with zero attached hydrogens (tertiary/aromatic N) is 1. The molecule has 0 aromatic carbocycles. The van der Waals surface area contributed by atoms with E-state index in [4.69, 9.17) is 9.84 Å². The van der Waals surface area contributed by atoms with Gasteiger partial charge in [-0.2, -0.15) is 0 Å². The van der Waals surface area contributed by atoms with Crippen LogP contribution in [0, 0.1) is 5.92 Å². The number of amides is 1. The van der Waals surface area contributed by atoms with Gasteiger partial charge in [-0.1, -0.05) is 13.8 Å². The van der Waals surface area contributed by atoms with Gasteiger partial charge < -0.3 is 14.7 Å². The summed E-state index contributed by atoms with van der Waals surface area (Å²) in [6.07, 6.45) is 0.210. The molecule has 1 aliphatic rings. The first kappa shape index (κ1) is 14.5. The number of hydrogen-bond acceptors (Lipinski definition) is 4. The van der Waals surface area contributed by atoms with Crippen molar-refractivity contribution in [1.82, 2.24) is 4.90 Å². The number of esters is 1. The summed E-state index contributed by atoms with van der Waals surface area (Å²) >= 11 is 0. The maximum Gasteiger partial charge on any atom is 0.326 e. The summed E-state index contributed by atoms with van der Waals surface area (Å²) in [5.41, 5.74) is 0. The standard InChI is InChI=1S/C12H19NO5/c1-7(2)10(18-8(3)14)11(15)13-6-4-5-9(13)12(16)17/h7,9-10H,4-6H2,1-3H3,(H,16,17)/t9?,10-/m0/s1. The first-order valence-electron chi connectivity index (χ1n) is 6.05. The van der Waals surface area contributed by atoms with Crippen LogP contribution in [0.15, 0.2) is 0 Å². The number of ether oxygens (including phenoxy) is 1. The van der Waals surface area contributed by atoms with E-state index < -0.39 is 30.0 Å². The SMILES string of the molecule is CC(=O)O[C@H](C(=O)N1CCCC1C(=O)O)C(C)C. The van der Waals surface area contributed by atoms with Crippen molar-refractivity contribution in [2.24, 2.45) is 5.92 Å². The molecule has 1 unspecified atom stereocenters. The first-order valence-corrected chi connectivity index (χ1v) is 6.05. The van der Waals surface area contributed by atoms with Crippen LogP contribution in [0.4, 0.5) is 0 Å². The Hall–Kier alpha value is -1.59. The van der Waals surface area contributed by atoms with Crippen LogP contribution >= 0.6 is 0 Å². The molecule has 102 valence electrons. The summed E-state index contributed by atoms with van der Waals surface area (Å²) in [5.74, 6) is -2.14. The number of carbonyl (C=O) groups excluding carboxylic acids is 2. The van der Waals surface area contributed by atoms with Crippen LogP contribution in [0.2, 0.25) is 0 Å². The third kappa shape index (κ3) is 3.21. The number of carbonyl (C=O) groups is 3. The summed E-state index contributed by atoms with van der Waals surface area (Å²) in [6, 6.07) is -0.797. The Balaban J connectivity index is 2.82. The van der Waals surface area contributed by atoms with E-state index in [1.165, 1.54) is 11.8 Å². The second-order valence-corrected chi connectivity index (χ2v) is 4.80. The van der Waals surface area contributed by atoms with Gasteiger partial charge in [0.15, 0.2) is 6.10 Å². The van der Waals surface area contributed by atoms with Gasteiger partial charge in [-0.15, -0.1) is 0 Å². The monoisotopic (exact) mass is 257 g/mol. The molecular weight excluding hydrogens is 238 g/mol. The van der Waals surface area contributed by atoms with E-state index in [2.05, 4.69) is 0 Å². The lowest BCUT2D eigenvalue weighted by Gasteiger charge is -2.28. The lowest BCUT2D eigenvalue weighted by molar-refractivity contribution is -0.164. The molecule has 1 rings (SSSR count). The number of hydrogen-bond donors (Lipinski definition) is 1. The molecule has 1 saturated heterocycles. The quantitative estimate of drug-likeness (QED) is 0.747. The predicted molar refractivity (Wildman–Crippen MR) is 62.8 cm³/mol. The fraction of sp³-hybridized carbons (Fsp3) is 0.750. The van der Waals surface area contributed by atoms with Gasteiger partial charge in [0, 0.05) is 13.5 Å². The fourth-order valence-electron chi connectivity index (χ4n) is 2.10. The molecule has 0 aromatic rings. The number of rotatable bonds is 4. The lowest BCUT2D eigenvalue weighted by Crippen LogP contribution is -2.48. The van der Waals surface area contributed by atoms with E-state index in [0.29, 0.717) is 19.4 Å². The van der Waals surface area contributed by atoms with E-state index in [-0.39, 0.29) is 5.92 Å². The smallest absolute Gasteiger partial charge is 0.326 e. The van der Waals surface area contributed by atoms with Gasteiger partial charge in [0.2, 0.25) is 0 Å². The number of aliphatic carboxylic acids is 1.